The summed E-state index contributed by atoms with van der Waals surface area (Å²) in [5.74, 6) is 0.714. The summed E-state index contributed by atoms with van der Waals surface area (Å²) in [6.45, 7) is 9.75. The van der Waals surface area contributed by atoms with E-state index in [-0.39, 0.29) is 0 Å². The second-order valence-corrected chi connectivity index (χ2v) is 5.65. The predicted octanol–water partition coefficient (Wildman–Crippen LogP) is 2.10. The summed E-state index contributed by atoms with van der Waals surface area (Å²) in [6, 6.07) is 0. The van der Waals surface area contributed by atoms with Crippen LogP contribution in [0.25, 0.3) is 0 Å². The fourth-order valence-electron chi connectivity index (χ4n) is 2.45. The standard InChI is InChI=1S/C13H21ClN4/c1-10(2)9-17-3-5-18(6-4-17)13-11(14)7-16-8-12(13)15/h7-8,10H,3-6,9,15H2,1-2H3. The van der Waals surface area contributed by atoms with E-state index in [0.29, 0.717) is 16.6 Å². The van der Waals surface area contributed by atoms with Gasteiger partial charge in [-0.25, -0.2) is 0 Å². The van der Waals surface area contributed by atoms with Crippen molar-refractivity contribution in [3.8, 4) is 0 Å². The maximum atomic E-state index is 6.19. The van der Waals surface area contributed by atoms with Crippen molar-refractivity contribution in [2.24, 2.45) is 5.92 Å². The van der Waals surface area contributed by atoms with Gasteiger partial charge in [0.05, 0.1) is 22.6 Å². The van der Waals surface area contributed by atoms with Crippen LogP contribution in [-0.4, -0.2) is 42.6 Å². The average Bonchev–Trinajstić information content (AvgIpc) is 2.30. The van der Waals surface area contributed by atoms with Gasteiger partial charge in [0, 0.05) is 38.9 Å². The van der Waals surface area contributed by atoms with Crippen molar-refractivity contribution in [2.75, 3.05) is 43.4 Å². The molecule has 1 aliphatic rings. The van der Waals surface area contributed by atoms with E-state index in [4.69, 9.17) is 17.3 Å². The number of nitrogens with two attached hydrogens (primary N) is 1. The number of halogens is 1. The molecule has 0 spiro atoms. The molecule has 100 valence electrons. The first-order chi connectivity index (χ1) is 8.58. The molecule has 0 bridgehead atoms. The number of hydrogen-bond donors (Lipinski definition) is 1. The lowest BCUT2D eigenvalue weighted by Crippen LogP contribution is -2.47. The summed E-state index contributed by atoms with van der Waals surface area (Å²) in [5, 5.41) is 0.646. The van der Waals surface area contributed by atoms with E-state index < -0.39 is 0 Å². The maximum Gasteiger partial charge on any atom is 0.0843 e. The largest absolute Gasteiger partial charge is 0.396 e. The normalized spacial score (nSPS) is 17.4. The van der Waals surface area contributed by atoms with Crippen LogP contribution >= 0.6 is 11.6 Å². The van der Waals surface area contributed by atoms with Crippen molar-refractivity contribution < 1.29 is 0 Å². The average molecular weight is 269 g/mol. The van der Waals surface area contributed by atoms with Gasteiger partial charge in [0.1, 0.15) is 0 Å². The van der Waals surface area contributed by atoms with Crippen LogP contribution in [0, 0.1) is 5.92 Å². The van der Waals surface area contributed by atoms with Crippen LogP contribution < -0.4 is 10.6 Å². The maximum absolute atomic E-state index is 6.19. The predicted molar refractivity (Wildman–Crippen MR) is 77.2 cm³/mol. The Morgan fingerprint density at radius 2 is 1.94 bits per heavy atom. The number of rotatable bonds is 3. The fraction of sp³-hybridized carbons (Fsp3) is 0.615. The molecule has 0 unspecified atom stereocenters. The Morgan fingerprint density at radius 3 is 2.50 bits per heavy atom. The van der Waals surface area contributed by atoms with Gasteiger partial charge in [-0.05, 0) is 5.92 Å². The van der Waals surface area contributed by atoms with E-state index in [1.807, 2.05) is 0 Å². The molecule has 4 nitrogen and oxygen atoms in total. The number of aromatic nitrogens is 1. The molecule has 2 rings (SSSR count). The van der Waals surface area contributed by atoms with E-state index in [1.54, 1.807) is 12.4 Å². The van der Waals surface area contributed by atoms with Gasteiger partial charge in [-0.2, -0.15) is 0 Å². The van der Waals surface area contributed by atoms with Gasteiger partial charge in [0.15, 0.2) is 0 Å². The molecule has 0 aromatic carbocycles. The van der Waals surface area contributed by atoms with Gasteiger partial charge in [0.2, 0.25) is 0 Å². The van der Waals surface area contributed by atoms with Crippen LogP contribution in [0.1, 0.15) is 13.8 Å². The second-order valence-electron chi connectivity index (χ2n) is 5.24. The molecular formula is C13H21ClN4. The van der Waals surface area contributed by atoms with Gasteiger partial charge >= 0.3 is 0 Å². The van der Waals surface area contributed by atoms with Crippen LogP contribution in [0.2, 0.25) is 5.02 Å². The minimum Gasteiger partial charge on any atom is -0.396 e. The minimum absolute atomic E-state index is 0.646. The summed E-state index contributed by atoms with van der Waals surface area (Å²) < 4.78 is 0. The van der Waals surface area contributed by atoms with Gasteiger partial charge in [-0.3, -0.25) is 9.88 Å². The number of nitrogens with zero attached hydrogens (tertiary/aromatic N) is 3. The molecule has 1 aromatic heterocycles. The third kappa shape index (κ3) is 3.06. The van der Waals surface area contributed by atoms with E-state index in [2.05, 4.69) is 28.6 Å². The number of nitrogen functional groups attached to an aromatic ring is 1. The molecule has 18 heavy (non-hydrogen) atoms. The van der Waals surface area contributed by atoms with Gasteiger partial charge in [0.25, 0.3) is 0 Å². The lowest BCUT2D eigenvalue weighted by Gasteiger charge is -2.37. The molecule has 1 aromatic rings. The highest BCUT2D eigenvalue weighted by atomic mass is 35.5. The zero-order valence-electron chi connectivity index (χ0n) is 11.1. The van der Waals surface area contributed by atoms with Crippen molar-refractivity contribution in [1.82, 2.24) is 9.88 Å². The molecule has 0 atom stereocenters. The van der Waals surface area contributed by atoms with E-state index >= 15 is 0 Å². The van der Waals surface area contributed by atoms with Crippen LogP contribution in [0.4, 0.5) is 11.4 Å². The molecule has 2 heterocycles. The fourth-order valence-corrected chi connectivity index (χ4v) is 2.73. The second kappa shape index (κ2) is 5.76. The molecule has 0 saturated carbocycles. The Hall–Kier alpha value is -1.00. The first-order valence-corrected chi connectivity index (χ1v) is 6.82. The van der Waals surface area contributed by atoms with E-state index in [9.17, 15) is 0 Å². The lowest BCUT2D eigenvalue weighted by atomic mass is 10.2. The minimum atomic E-state index is 0.646. The molecule has 2 N–H and O–H groups in total. The Balaban J connectivity index is 2.01. The summed E-state index contributed by atoms with van der Waals surface area (Å²) >= 11 is 6.19. The number of piperazine rings is 1. The number of anilines is 2. The van der Waals surface area contributed by atoms with Crippen LogP contribution in [0.3, 0.4) is 0 Å². The van der Waals surface area contributed by atoms with Crippen molar-refractivity contribution in [3.05, 3.63) is 17.4 Å². The van der Waals surface area contributed by atoms with Crippen LogP contribution in [0.5, 0.6) is 0 Å². The monoisotopic (exact) mass is 268 g/mol. The van der Waals surface area contributed by atoms with Gasteiger partial charge in [-0.15, -0.1) is 0 Å². The highest BCUT2D eigenvalue weighted by Gasteiger charge is 2.21. The van der Waals surface area contributed by atoms with Gasteiger partial charge in [-0.1, -0.05) is 25.4 Å². The Bertz CT molecular complexity index is 380. The third-order valence-corrected chi connectivity index (χ3v) is 3.49. The SMILES string of the molecule is CC(C)CN1CCN(c2c(N)cncc2Cl)CC1. The van der Waals surface area contributed by atoms with Crippen molar-refractivity contribution in [3.63, 3.8) is 0 Å². The Kier molecular flexibility index (Phi) is 4.30. The zero-order valence-corrected chi connectivity index (χ0v) is 11.8. The lowest BCUT2D eigenvalue weighted by molar-refractivity contribution is 0.231. The number of pyridine rings is 1. The molecule has 0 aliphatic carbocycles. The van der Waals surface area contributed by atoms with Crippen molar-refractivity contribution in [2.45, 2.75) is 13.8 Å². The third-order valence-electron chi connectivity index (χ3n) is 3.21. The molecule has 0 amide bonds. The van der Waals surface area contributed by atoms with Crippen molar-refractivity contribution in [1.29, 1.82) is 0 Å². The zero-order chi connectivity index (χ0) is 13.1. The highest BCUT2D eigenvalue weighted by molar-refractivity contribution is 6.33. The first-order valence-electron chi connectivity index (χ1n) is 6.44. The quantitative estimate of drug-likeness (QED) is 0.912. The smallest absolute Gasteiger partial charge is 0.0843 e. The molecule has 1 aliphatic heterocycles. The summed E-state index contributed by atoms with van der Waals surface area (Å²) in [5.41, 5.74) is 7.57. The summed E-state index contributed by atoms with van der Waals surface area (Å²) in [7, 11) is 0. The summed E-state index contributed by atoms with van der Waals surface area (Å²) in [4.78, 5) is 8.75. The van der Waals surface area contributed by atoms with E-state index in [0.717, 1.165) is 38.4 Å². The molecule has 5 heteroatoms. The van der Waals surface area contributed by atoms with Gasteiger partial charge < -0.3 is 10.6 Å². The topological polar surface area (TPSA) is 45.4 Å². The first kappa shape index (κ1) is 13.4. The summed E-state index contributed by atoms with van der Waals surface area (Å²) in [6.07, 6.45) is 3.33. The Morgan fingerprint density at radius 1 is 1.28 bits per heavy atom. The number of hydrogen-bond acceptors (Lipinski definition) is 4. The van der Waals surface area contributed by atoms with Crippen LogP contribution in [0.15, 0.2) is 12.4 Å². The molecule has 0 radical (unpaired) electrons. The Labute approximate surface area is 114 Å². The van der Waals surface area contributed by atoms with Crippen molar-refractivity contribution >= 4 is 23.0 Å². The molecule has 1 saturated heterocycles. The van der Waals surface area contributed by atoms with E-state index in [1.165, 1.54) is 0 Å². The molecular weight excluding hydrogens is 248 g/mol. The van der Waals surface area contributed by atoms with Crippen LogP contribution in [-0.2, 0) is 0 Å². The molecule has 1 fully saturated rings. The highest BCUT2D eigenvalue weighted by Crippen LogP contribution is 2.31.